The standard InChI is InChI=1S/C25H20N6O.C24H20N8O.2C23H18N8O/c1-17-12-18(4-7-27-17)22-5-8-29-25-23(22)6-11-31(25)16-21(32)13-20-3-2-19(14-30-20)24-15-26-9-10-28-24;1-15-9-17(5-6-26-15)23-19-10-16(2)32(24(19)30-14-29-23)13-22(33)31-21-4-3-18(11-28-21)20-12-25-7-8-27-20;1-15-10-16(4-6-25-15)22-18-5-9-31(23(18)29-14-28-22)13-21(32)30-20-3-2-17(11-27-20)19-12-24-7-8-26-19;1-15-10-16(4-6-25-15)18-5-7-27-23-19(18)12-29-31(23)14-22(32)30-21-3-2-17(11-28-21)20-13-24-8-9-26-20/h2-12,14-15H,13,16H2,1H3;3-12,14H,13H2,1-2H3,(H,28,31,33);2-12,14H,13H2,1H3,(H,27,30,32);2-13H,14H2,1H3,(H,28,30,32). The number of ketones is 1. The van der Waals surface area contributed by atoms with Gasteiger partial charge in [0.1, 0.15) is 66.7 Å². The molecule has 0 aliphatic carbocycles. The van der Waals surface area contributed by atoms with Crippen molar-refractivity contribution in [2.75, 3.05) is 16.0 Å². The van der Waals surface area contributed by atoms with Gasteiger partial charge in [0.2, 0.25) is 17.7 Å². The zero-order valence-electron chi connectivity index (χ0n) is 70.0. The first kappa shape index (κ1) is 83.4. The Hall–Kier alpha value is -17.9. The Morgan fingerprint density at radius 2 is 0.705 bits per heavy atom. The Bertz CT molecular complexity index is 6870. The fourth-order valence-electron chi connectivity index (χ4n) is 14.4. The lowest BCUT2D eigenvalue weighted by Gasteiger charge is -2.09. The highest BCUT2D eigenvalue weighted by atomic mass is 16.2. The average molecular weight is 1700 g/mol. The van der Waals surface area contributed by atoms with Gasteiger partial charge in [-0.2, -0.15) is 5.10 Å². The molecule has 3 amide bonds. The van der Waals surface area contributed by atoms with Gasteiger partial charge in [-0.3, -0.25) is 84.0 Å². The van der Waals surface area contributed by atoms with E-state index in [2.05, 4.69) is 131 Å². The van der Waals surface area contributed by atoms with Crippen molar-refractivity contribution in [3.05, 3.63) is 329 Å². The normalized spacial score (nSPS) is 11.0. The number of fused-ring (bicyclic) bond motifs is 4. The molecule has 0 saturated heterocycles. The molecule has 0 aliphatic rings. The number of amides is 3. The number of nitrogens with one attached hydrogen (secondary N) is 3. The van der Waals surface area contributed by atoms with Gasteiger partial charge in [-0.05, 0) is 184 Å². The molecule has 129 heavy (non-hydrogen) atoms. The summed E-state index contributed by atoms with van der Waals surface area (Å²) in [5, 5.41) is 16.5. The predicted octanol–water partition coefficient (Wildman–Crippen LogP) is 14.3. The maximum Gasteiger partial charge on any atom is 0.247 e. The molecule has 20 heterocycles. The van der Waals surface area contributed by atoms with Crippen LogP contribution in [0.2, 0.25) is 0 Å². The van der Waals surface area contributed by atoms with Crippen molar-refractivity contribution in [2.24, 2.45) is 0 Å². The van der Waals surface area contributed by atoms with Crippen molar-refractivity contribution in [3.63, 3.8) is 0 Å². The van der Waals surface area contributed by atoms with Crippen LogP contribution in [0.5, 0.6) is 0 Å². The highest BCUT2D eigenvalue weighted by Crippen LogP contribution is 2.33. The number of carbonyl (C=O) groups excluding carboxylic acids is 4. The zero-order chi connectivity index (χ0) is 88.5. The van der Waals surface area contributed by atoms with E-state index in [4.69, 9.17) is 0 Å². The SMILES string of the molecule is Cc1cc(-c2ccnc3c2ccn3CC(=O)Cc2ccc(-c3cnccn3)cn2)ccn1.Cc1cc(-c2ccnc3c2cnn3CC(=O)Nc2ccc(-c3cnccn3)cn2)ccn1.Cc1cc(-c2ncnc3c2cc(C)n3CC(=O)Nc2ccc(-c3cnccn3)cn2)ccn1.Cc1cc(-c2ncnc3c2ccn3CC(=O)Nc2ccc(-c3cnccn3)cn2)ccn1. The monoisotopic (exact) mass is 1700 g/mol. The number of hydrogen-bond acceptors (Lipinski definition) is 27. The molecule has 0 aromatic carbocycles. The first-order valence-corrected chi connectivity index (χ1v) is 40.5. The van der Waals surface area contributed by atoms with Gasteiger partial charge in [0.05, 0.1) is 78.1 Å². The summed E-state index contributed by atoms with van der Waals surface area (Å²) in [6.07, 6.45) is 45.7. The largest absolute Gasteiger partial charge is 0.325 e. The minimum absolute atomic E-state index is 0.0168. The van der Waals surface area contributed by atoms with Crippen LogP contribution in [-0.2, 0) is 51.8 Å². The quantitative estimate of drug-likeness (QED) is 0.0601. The van der Waals surface area contributed by atoms with E-state index in [1.165, 1.54) is 12.7 Å². The van der Waals surface area contributed by atoms with Crippen LogP contribution in [0, 0.1) is 34.6 Å². The molecule has 0 bridgehead atoms. The van der Waals surface area contributed by atoms with Crippen molar-refractivity contribution in [2.45, 2.75) is 67.2 Å². The summed E-state index contributed by atoms with van der Waals surface area (Å²) in [4.78, 5) is 145. The number of carbonyl (C=O) groups is 4. The average Bonchev–Trinajstić information content (AvgIpc) is 1.64. The van der Waals surface area contributed by atoms with Crippen LogP contribution in [-0.4, -0.2) is 157 Å². The summed E-state index contributed by atoms with van der Waals surface area (Å²) >= 11 is 0. The third kappa shape index (κ3) is 20.1. The van der Waals surface area contributed by atoms with Gasteiger partial charge in [-0.1, -0.05) is 0 Å². The maximum atomic E-state index is 12.8. The van der Waals surface area contributed by atoms with Crippen molar-refractivity contribution < 1.29 is 19.2 Å². The minimum Gasteiger partial charge on any atom is -0.325 e. The molecule has 34 heteroatoms. The number of aryl methyl sites for hydroxylation is 5. The smallest absolute Gasteiger partial charge is 0.247 e. The van der Waals surface area contributed by atoms with Gasteiger partial charge in [-0.15, -0.1) is 0 Å². The van der Waals surface area contributed by atoms with E-state index < -0.39 is 0 Å². The van der Waals surface area contributed by atoms with Gasteiger partial charge in [0.25, 0.3) is 0 Å². The number of pyridine rings is 10. The molecule has 0 atom stereocenters. The number of nitrogens with zero attached hydrogens (tertiary/aromatic N) is 27. The fraction of sp³-hybridized carbons (Fsp3) is 0.105. The predicted molar refractivity (Wildman–Crippen MR) is 485 cm³/mol. The lowest BCUT2D eigenvalue weighted by Crippen LogP contribution is -2.20. The molecule has 0 fully saturated rings. The molecule has 0 unspecified atom stereocenters. The van der Waals surface area contributed by atoms with Gasteiger partial charge in [-0.25, -0.2) is 49.5 Å². The Kier molecular flexibility index (Phi) is 25.0. The molecular weight excluding hydrogens is 1630 g/mol. The molecule has 20 aromatic rings. The summed E-state index contributed by atoms with van der Waals surface area (Å²) in [6, 6.07) is 40.1. The Labute approximate surface area is 735 Å². The minimum atomic E-state index is -0.248. The number of hydrogen-bond donors (Lipinski definition) is 3. The van der Waals surface area contributed by atoms with E-state index in [-0.39, 0.29) is 56.1 Å². The molecule has 0 spiro atoms. The van der Waals surface area contributed by atoms with Gasteiger partial charge >= 0.3 is 0 Å². The van der Waals surface area contributed by atoms with E-state index in [0.717, 1.165) is 145 Å². The molecule has 20 rings (SSSR count). The Morgan fingerprint density at radius 3 is 1.17 bits per heavy atom. The Morgan fingerprint density at radius 1 is 0.295 bits per heavy atom. The van der Waals surface area contributed by atoms with Crippen molar-refractivity contribution >= 4 is 85.1 Å². The van der Waals surface area contributed by atoms with Crippen LogP contribution >= 0.6 is 0 Å². The van der Waals surface area contributed by atoms with Crippen LogP contribution in [0.1, 0.15) is 34.2 Å². The number of anilines is 3. The summed E-state index contributed by atoms with van der Waals surface area (Å²) in [5.74, 6) is 0.777. The van der Waals surface area contributed by atoms with E-state index in [1.54, 1.807) is 170 Å². The molecule has 3 N–H and O–H groups in total. The van der Waals surface area contributed by atoms with Crippen molar-refractivity contribution in [1.29, 1.82) is 0 Å². The van der Waals surface area contributed by atoms with Crippen molar-refractivity contribution in [1.82, 2.24) is 133 Å². The number of rotatable bonds is 21. The third-order valence-corrected chi connectivity index (χ3v) is 20.4. The second-order valence-corrected chi connectivity index (χ2v) is 29.5. The lowest BCUT2D eigenvalue weighted by atomic mass is 10.0. The Balaban J connectivity index is 0.000000121. The van der Waals surface area contributed by atoms with E-state index in [1.807, 2.05) is 165 Å². The molecule has 0 radical (unpaired) electrons. The van der Waals surface area contributed by atoms with Crippen LogP contribution in [0.15, 0.2) is 295 Å². The maximum absolute atomic E-state index is 12.8. The third-order valence-electron chi connectivity index (χ3n) is 20.4. The van der Waals surface area contributed by atoms with Gasteiger partial charge in [0, 0.05) is 213 Å². The van der Waals surface area contributed by atoms with Gasteiger partial charge in [0.15, 0.2) is 11.4 Å². The fourth-order valence-corrected chi connectivity index (χ4v) is 14.4. The first-order valence-electron chi connectivity index (χ1n) is 40.5. The summed E-state index contributed by atoms with van der Waals surface area (Å²) in [5.41, 5.74) is 22.1. The molecule has 0 aliphatic heterocycles. The van der Waals surface area contributed by atoms with Gasteiger partial charge < -0.3 is 29.7 Å². The highest BCUT2D eigenvalue weighted by Gasteiger charge is 2.21. The zero-order valence-corrected chi connectivity index (χ0v) is 70.0. The van der Waals surface area contributed by atoms with E-state index in [9.17, 15) is 19.2 Å². The van der Waals surface area contributed by atoms with E-state index in [0.29, 0.717) is 40.1 Å². The highest BCUT2D eigenvalue weighted by molar-refractivity contribution is 5.98. The molecule has 630 valence electrons. The van der Waals surface area contributed by atoms with Crippen LogP contribution in [0.25, 0.3) is 134 Å². The summed E-state index contributed by atoms with van der Waals surface area (Å²) in [6.45, 7) is 10.2. The lowest BCUT2D eigenvalue weighted by molar-refractivity contribution is -0.119. The topological polar surface area (TPSA) is 421 Å². The van der Waals surface area contributed by atoms with E-state index >= 15 is 0 Å². The number of Topliss-reactive ketones (excluding diaryl/α,β-unsaturated/α-hetero) is 1. The second-order valence-electron chi connectivity index (χ2n) is 29.5. The first-order chi connectivity index (χ1) is 63.1. The molecule has 20 aromatic heterocycles. The molecule has 0 saturated carbocycles. The second kappa shape index (κ2) is 38.7. The summed E-state index contributed by atoms with van der Waals surface area (Å²) < 4.78 is 7.13. The summed E-state index contributed by atoms with van der Waals surface area (Å²) in [7, 11) is 0. The molecular formula is C95H76N30O4. The van der Waals surface area contributed by atoms with Crippen LogP contribution < -0.4 is 16.0 Å². The van der Waals surface area contributed by atoms with Crippen LogP contribution in [0.3, 0.4) is 0 Å². The van der Waals surface area contributed by atoms with Crippen molar-refractivity contribution in [3.8, 4) is 89.8 Å². The number of aromatic nitrogens is 27. The van der Waals surface area contributed by atoms with Crippen LogP contribution in [0.4, 0.5) is 17.5 Å². The molecule has 34 nitrogen and oxygen atoms in total.